The molecule has 102 valence electrons. The van der Waals surface area contributed by atoms with Crippen LogP contribution in [0.4, 0.5) is 18.9 Å². The molecule has 1 heterocycles. The summed E-state index contributed by atoms with van der Waals surface area (Å²) in [6.07, 6.45) is -1.64. The van der Waals surface area contributed by atoms with Gasteiger partial charge in [0.15, 0.2) is 0 Å². The molecule has 0 aliphatic heterocycles. The number of rotatable bonds is 2. The number of nitrogens with zero attached hydrogens (tertiary/aromatic N) is 2. The Kier molecular flexibility index (Phi) is 3.45. The Morgan fingerprint density at radius 1 is 1.37 bits per heavy atom. The second-order valence-electron chi connectivity index (χ2n) is 4.18. The normalized spacial score (nSPS) is 11.8. The van der Waals surface area contributed by atoms with Crippen molar-refractivity contribution in [1.29, 1.82) is 0 Å². The predicted octanol–water partition coefficient (Wildman–Crippen LogP) is 3.66. The zero-order valence-corrected chi connectivity index (χ0v) is 10.8. The van der Waals surface area contributed by atoms with E-state index in [1.54, 1.807) is 19.1 Å². The third kappa shape index (κ3) is 3.01. The third-order valence-corrected chi connectivity index (χ3v) is 3.20. The summed E-state index contributed by atoms with van der Waals surface area (Å²) in [5.74, 6) is 0. The first-order valence-electron chi connectivity index (χ1n) is 5.42. The van der Waals surface area contributed by atoms with Crippen LogP contribution >= 0.6 is 11.6 Å². The quantitative estimate of drug-likeness (QED) is 0.858. The molecule has 0 amide bonds. The molecule has 2 aromatic rings. The molecule has 0 bridgehead atoms. The van der Waals surface area contributed by atoms with Crippen LogP contribution in [0.5, 0.6) is 0 Å². The van der Waals surface area contributed by atoms with Gasteiger partial charge in [0.1, 0.15) is 6.54 Å². The molecule has 1 aromatic carbocycles. The minimum absolute atomic E-state index is 0.423. The number of benzene rings is 1. The van der Waals surface area contributed by atoms with E-state index in [1.807, 2.05) is 0 Å². The summed E-state index contributed by atoms with van der Waals surface area (Å²) < 4.78 is 37.6. The molecule has 7 heteroatoms. The first kappa shape index (κ1) is 13.7. The first-order chi connectivity index (χ1) is 8.78. The fourth-order valence-electron chi connectivity index (χ4n) is 1.70. The Bertz CT molecular complexity index is 605. The van der Waals surface area contributed by atoms with Crippen LogP contribution in [-0.4, -0.2) is 16.0 Å². The maximum absolute atomic E-state index is 12.2. The lowest BCUT2D eigenvalue weighted by Gasteiger charge is -2.08. The van der Waals surface area contributed by atoms with Gasteiger partial charge in [0.2, 0.25) is 0 Å². The number of nitrogen functional groups attached to an aromatic ring is 1. The minimum Gasteiger partial charge on any atom is -0.398 e. The molecule has 0 atom stereocenters. The van der Waals surface area contributed by atoms with Crippen LogP contribution in [0.3, 0.4) is 0 Å². The Labute approximate surface area is 112 Å². The lowest BCUT2D eigenvalue weighted by atomic mass is 10.1. The zero-order chi connectivity index (χ0) is 14.2. The van der Waals surface area contributed by atoms with Gasteiger partial charge in [0.05, 0.1) is 11.2 Å². The van der Waals surface area contributed by atoms with Crippen molar-refractivity contribution >= 4 is 17.3 Å². The smallest absolute Gasteiger partial charge is 0.398 e. The van der Waals surface area contributed by atoms with Gasteiger partial charge in [-0.3, -0.25) is 4.68 Å². The van der Waals surface area contributed by atoms with Gasteiger partial charge in [-0.15, -0.1) is 0 Å². The highest BCUT2D eigenvalue weighted by Gasteiger charge is 2.28. The van der Waals surface area contributed by atoms with Crippen molar-refractivity contribution in [2.24, 2.45) is 0 Å². The summed E-state index contributed by atoms with van der Waals surface area (Å²) in [6, 6.07) is 3.33. The van der Waals surface area contributed by atoms with Gasteiger partial charge in [-0.1, -0.05) is 17.7 Å². The number of nitrogens with two attached hydrogens (primary N) is 1. The van der Waals surface area contributed by atoms with E-state index < -0.39 is 12.7 Å². The summed E-state index contributed by atoms with van der Waals surface area (Å²) in [5, 5.41) is 4.10. The molecule has 0 saturated heterocycles. The molecule has 2 rings (SSSR count). The Hall–Kier alpha value is -1.69. The van der Waals surface area contributed by atoms with Crippen molar-refractivity contribution < 1.29 is 13.2 Å². The van der Waals surface area contributed by atoms with E-state index in [1.165, 1.54) is 12.4 Å². The van der Waals surface area contributed by atoms with E-state index in [4.69, 9.17) is 17.3 Å². The first-order valence-corrected chi connectivity index (χ1v) is 5.80. The molecule has 0 fully saturated rings. The van der Waals surface area contributed by atoms with Crippen molar-refractivity contribution in [3.05, 3.63) is 35.1 Å². The zero-order valence-electron chi connectivity index (χ0n) is 10.0. The van der Waals surface area contributed by atoms with E-state index in [9.17, 15) is 13.2 Å². The lowest BCUT2D eigenvalue weighted by molar-refractivity contribution is -0.142. The number of hydrogen-bond donors (Lipinski definition) is 1. The van der Waals surface area contributed by atoms with Gasteiger partial charge in [-0.25, -0.2) is 0 Å². The van der Waals surface area contributed by atoms with Crippen molar-refractivity contribution in [3.63, 3.8) is 0 Å². The highest BCUT2D eigenvalue weighted by atomic mass is 35.5. The van der Waals surface area contributed by atoms with Gasteiger partial charge in [0.25, 0.3) is 0 Å². The monoisotopic (exact) mass is 289 g/mol. The van der Waals surface area contributed by atoms with Gasteiger partial charge < -0.3 is 5.73 Å². The minimum atomic E-state index is -4.30. The van der Waals surface area contributed by atoms with E-state index in [0.29, 0.717) is 27.4 Å². The standard InChI is InChI=1S/C12H11ClF3N3/c1-7-10(17)3-2-9(11(7)13)8-4-18-19(5-8)6-12(14,15)16/h2-5H,6,17H2,1H3. The summed E-state index contributed by atoms with van der Waals surface area (Å²) >= 11 is 6.14. The molecule has 0 unspecified atom stereocenters. The van der Waals surface area contributed by atoms with Gasteiger partial charge in [-0.2, -0.15) is 18.3 Å². The number of alkyl halides is 3. The number of halogens is 4. The lowest BCUT2D eigenvalue weighted by Crippen LogP contribution is -2.17. The largest absolute Gasteiger partial charge is 0.408 e. The average molecular weight is 290 g/mol. The van der Waals surface area contributed by atoms with Gasteiger partial charge in [0, 0.05) is 23.0 Å². The molecule has 19 heavy (non-hydrogen) atoms. The Morgan fingerprint density at radius 2 is 2.05 bits per heavy atom. The van der Waals surface area contributed by atoms with Crippen LogP contribution in [0.25, 0.3) is 11.1 Å². The predicted molar refractivity (Wildman–Crippen MR) is 67.9 cm³/mol. The van der Waals surface area contributed by atoms with Crippen LogP contribution in [0.2, 0.25) is 5.02 Å². The van der Waals surface area contributed by atoms with Gasteiger partial charge >= 0.3 is 6.18 Å². The molecule has 2 N–H and O–H groups in total. The molecule has 0 aliphatic rings. The van der Waals surface area contributed by atoms with Crippen LogP contribution in [0.1, 0.15) is 5.56 Å². The molecule has 0 saturated carbocycles. The Balaban J connectivity index is 2.36. The van der Waals surface area contributed by atoms with Crippen molar-refractivity contribution in [1.82, 2.24) is 9.78 Å². The topological polar surface area (TPSA) is 43.8 Å². The van der Waals surface area contributed by atoms with Gasteiger partial charge in [-0.05, 0) is 18.6 Å². The van der Waals surface area contributed by atoms with Crippen molar-refractivity contribution in [2.45, 2.75) is 19.6 Å². The molecule has 1 aromatic heterocycles. The van der Waals surface area contributed by atoms with E-state index in [2.05, 4.69) is 5.10 Å². The van der Waals surface area contributed by atoms with E-state index in [-0.39, 0.29) is 0 Å². The summed E-state index contributed by atoms with van der Waals surface area (Å²) in [4.78, 5) is 0. The number of aromatic nitrogens is 2. The number of hydrogen-bond acceptors (Lipinski definition) is 2. The molecule has 3 nitrogen and oxygen atoms in total. The highest BCUT2D eigenvalue weighted by molar-refractivity contribution is 6.34. The average Bonchev–Trinajstić information content (AvgIpc) is 2.72. The Morgan fingerprint density at radius 3 is 2.68 bits per heavy atom. The van der Waals surface area contributed by atoms with Crippen LogP contribution in [0.15, 0.2) is 24.5 Å². The summed E-state index contributed by atoms with van der Waals surface area (Å²) in [7, 11) is 0. The van der Waals surface area contributed by atoms with Crippen LogP contribution in [0, 0.1) is 6.92 Å². The fraction of sp³-hybridized carbons (Fsp3) is 0.250. The maximum Gasteiger partial charge on any atom is 0.408 e. The third-order valence-electron chi connectivity index (χ3n) is 2.71. The SMILES string of the molecule is Cc1c(N)ccc(-c2cnn(CC(F)(F)F)c2)c1Cl. The highest BCUT2D eigenvalue weighted by Crippen LogP contribution is 2.33. The van der Waals surface area contributed by atoms with Crippen molar-refractivity contribution in [3.8, 4) is 11.1 Å². The summed E-state index contributed by atoms with van der Waals surface area (Å²) in [6.45, 7) is 0.625. The number of anilines is 1. The fourth-order valence-corrected chi connectivity index (χ4v) is 1.98. The molecular weight excluding hydrogens is 279 g/mol. The second kappa shape index (κ2) is 4.77. The molecule has 0 aliphatic carbocycles. The maximum atomic E-state index is 12.2. The molecule has 0 radical (unpaired) electrons. The molecular formula is C12H11ClF3N3. The molecule has 0 spiro atoms. The van der Waals surface area contributed by atoms with Crippen LogP contribution in [-0.2, 0) is 6.54 Å². The van der Waals surface area contributed by atoms with Crippen molar-refractivity contribution in [2.75, 3.05) is 5.73 Å². The second-order valence-corrected chi connectivity index (χ2v) is 4.56. The summed E-state index contributed by atoms with van der Waals surface area (Å²) in [5.41, 5.74) is 8.08. The van der Waals surface area contributed by atoms with Crippen LogP contribution < -0.4 is 5.73 Å². The van der Waals surface area contributed by atoms with E-state index >= 15 is 0 Å². The van der Waals surface area contributed by atoms with E-state index in [0.717, 1.165) is 4.68 Å².